The standard InChI is InChI=1S/C25H24ClN3O4/c1-33-20-14-8-17(9-15-20)24(31)27-16-4-7-23(30)29-22-6-3-2-5-21(22)25(32)28-19-12-10-18(26)11-13-19/h2-3,5-6,8-15H,4,7,16H2,1H3,(H,27,31)(H,28,32)(H,29,30). The summed E-state index contributed by atoms with van der Waals surface area (Å²) < 4.78 is 5.07. The van der Waals surface area contributed by atoms with E-state index in [0.29, 0.717) is 46.2 Å². The Labute approximate surface area is 197 Å². The molecule has 0 aliphatic carbocycles. The summed E-state index contributed by atoms with van der Waals surface area (Å²) in [4.78, 5) is 37.2. The summed E-state index contributed by atoms with van der Waals surface area (Å²) in [6.07, 6.45) is 0.642. The fourth-order valence-electron chi connectivity index (χ4n) is 3.03. The molecule has 3 aromatic carbocycles. The van der Waals surface area contributed by atoms with E-state index < -0.39 is 0 Å². The van der Waals surface area contributed by atoms with Gasteiger partial charge in [0.1, 0.15) is 5.75 Å². The first-order valence-corrected chi connectivity index (χ1v) is 10.7. The molecule has 0 atom stereocenters. The molecule has 0 saturated heterocycles. The molecule has 33 heavy (non-hydrogen) atoms. The summed E-state index contributed by atoms with van der Waals surface area (Å²) in [5, 5.41) is 8.91. The van der Waals surface area contributed by atoms with E-state index >= 15 is 0 Å². The number of amides is 3. The number of para-hydroxylation sites is 1. The van der Waals surface area contributed by atoms with Gasteiger partial charge in [0.2, 0.25) is 5.91 Å². The number of carbonyl (C=O) groups is 3. The van der Waals surface area contributed by atoms with Crippen molar-refractivity contribution in [2.75, 3.05) is 24.3 Å². The average Bonchev–Trinajstić information content (AvgIpc) is 2.83. The van der Waals surface area contributed by atoms with Gasteiger partial charge >= 0.3 is 0 Å². The van der Waals surface area contributed by atoms with Crippen LogP contribution in [-0.2, 0) is 4.79 Å². The van der Waals surface area contributed by atoms with Crippen molar-refractivity contribution in [1.82, 2.24) is 5.32 Å². The molecule has 0 aromatic heterocycles. The van der Waals surface area contributed by atoms with Crippen molar-refractivity contribution < 1.29 is 19.1 Å². The number of ether oxygens (including phenoxy) is 1. The molecule has 170 valence electrons. The zero-order valence-electron chi connectivity index (χ0n) is 18.1. The second-order valence-corrected chi connectivity index (χ2v) is 7.58. The van der Waals surface area contributed by atoms with E-state index in [1.54, 1.807) is 79.9 Å². The Balaban J connectivity index is 1.48. The van der Waals surface area contributed by atoms with Crippen LogP contribution in [0.2, 0.25) is 5.02 Å². The number of methoxy groups -OCH3 is 1. The van der Waals surface area contributed by atoms with Crippen LogP contribution >= 0.6 is 11.6 Å². The van der Waals surface area contributed by atoms with Crippen LogP contribution in [0.15, 0.2) is 72.8 Å². The SMILES string of the molecule is COc1ccc(C(=O)NCCCC(=O)Nc2ccccc2C(=O)Nc2ccc(Cl)cc2)cc1. The molecule has 0 saturated carbocycles. The monoisotopic (exact) mass is 465 g/mol. The van der Waals surface area contributed by atoms with Gasteiger partial charge in [-0.25, -0.2) is 0 Å². The fourth-order valence-corrected chi connectivity index (χ4v) is 3.16. The van der Waals surface area contributed by atoms with Gasteiger partial charge < -0.3 is 20.7 Å². The summed E-state index contributed by atoms with van der Waals surface area (Å²) in [6, 6.07) is 20.3. The van der Waals surface area contributed by atoms with Crippen LogP contribution in [0.3, 0.4) is 0 Å². The number of halogens is 1. The predicted octanol–water partition coefficient (Wildman–Crippen LogP) is 4.75. The minimum absolute atomic E-state index is 0.191. The number of anilines is 2. The zero-order chi connectivity index (χ0) is 23.6. The smallest absolute Gasteiger partial charge is 0.257 e. The molecule has 8 heteroatoms. The Morgan fingerprint density at radius 2 is 1.55 bits per heavy atom. The molecule has 7 nitrogen and oxygen atoms in total. The first-order chi connectivity index (χ1) is 16.0. The van der Waals surface area contributed by atoms with Gasteiger partial charge in [-0.05, 0) is 67.1 Å². The molecular weight excluding hydrogens is 442 g/mol. The van der Waals surface area contributed by atoms with Gasteiger partial charge in [0.15, 0.2) is 0 Å². The summed E-state index contributed by atoms with van der Waals surface area (Å²) in [7, 11) is 1.56. The summed E-state index contributed by atoms with van der Waals surface area (Å²) in [5.74, 6) is -0.145. The Morgan fingerprint density at radius 3 is 2.24 bits per heavy atom. The van der Waals surface area contributed by atoms with Gasteiger partial charge in [-0.1, -0.05) is 23.7 Å². The summed E-state index contributed by atoms with van der Waals surface area (Å²) in [5.41, 5.74) is 1.86. The molecule has 0 bridgehead atoms. The lowest BCUT2D eigenvalue weighted by atomic mass is 10.1. The molecule has 3 amide bonds. The summed E-state index contributed by atoms with van der Waals surface area (Å²) >= 11 is 5.87. The second kappa shape index (κ2) is 11.7. The average molecular weight is 466 g/mol. The van der Waals surface area contributed by atoms with E-state index in [1.165, 1.54) is 0 Å². The van der Waals surface area contributed by atoms with Crippen LogP contribution in [0, 0.1) is 0 Å². The van der Waals surface area contributed by atoms with Crippen molar-refractivity contribution in [2.24, 2.45) is 0 Å². The third-order valence-corrected chi connectivity index (χ3v) is 5.02. The molecule has 0 fully saturated rings. The molecule has 3 N–H and O–H groups in total. The highest BCUT2D eigenvalue weighted by Gasteiger charge is 2.13. The highest BCUT2D eigenvalue weighted by molar-refractivity contribution is 6.30. The van der Waals surface area contributed by atoms with Crippen LogP contribution in [0.25, 0.3) is 0 Å². The maximum atomic E-state index is 12.7. The van der Waals surface area contributed by atoms with Crippen LogP contribution in [0.1, 0.15) is 33.6 Å². The third-order valence-electron chi connectivity index (χ3n) is 4.77. The normalized spacial score (nSPS) is 10.2. The molecule has 0 heterocycles. The topological polar surface area (TPSA) is 96.5 Å². The minimum atomic E-state index is -0.347. The highest BCUT2D eigenvalue weighted by atomic mass is 35.5. The number of hydrogen-bond donors (Lipinski definition) is 3. The van der Waals surface area contributed by atoms with E-state index in [4.69, 9.17) is 16.3 Å². The quantitative estimate of drug-likeness (QED) is 0.397. The van der Waals surface area contributed by atoms with Crippen LogP contribution in [0.5, 0.6) is 5.75 Å². The second-order valence-electron chi connectivity index (χ2n) is 7.14. The fraction of sp³-hybridized carbons (Fsp3) is 0.160. The van der Waals surface area contributed by atoms with Gasteiger partial charge in [-0.3, -0.25) is 14.4 Å². The molecule has 0 aliphatic heterocycles. The van der Waals surface area contributed by atoms with E-state index in [-0.39, 0.29) is 24.1 Å². The Kier molecular flexibility index (Phi) is 8.43. The number of benzene rings is 3. The van der Waals surface area contributed by atoms with Gasteiger partial charge in [0, 0.05) is 29.2 Å². The Hall–Kier alpha value is -3.84. The molecule has 0 radical (unpaired) electrons. The van der Waals surface area contributed by atoms with E-state index in [9.17, 15) is 14.4 Å². The molecule has 0 unspecified atom stereocenters. The zero-order valence-corrected chi connectivity index (χ0v) is 18.8. The van der Waals surface area contributed by atoms with Crippen LogP contribution < -0.4 is 20.7 Å². The Bertz CT molecular complexity index is 1120. The van der Waals surface area contributed by atoms with Crippen molar-refractivity contribution in [3.05, 3.63) is 88.9 Å². The first kappa shape index (κ1) is 23.8. The lowest BCUT2D eigenvalue weighted by Gasteiger charge is -2.12. The van der Waals surface area contributed by atoms with Crippen LogP contribution in [0.4, 0.5) is 11.4 Å². The predicted molar refractivity (Wildman–Crippen MR) is 129 cm³/mol. The first-order valence-electron chi connectivity index (χ1n) is 10.3. The highest BCUT2D eigenvalue weighted by Crippen LogP contribution is 2.19. The van der Waals surface area contributed by atoms with Gasteiger partial charge in [0.25, 0.3) is 11.8 Å². The van der Waals surface area contributed by atoms with E-state index in [0.717, 1.165) is 0 Å². The summed E-state index contributed by atoms with van der Waals surface area (Å²) in [6.45, 7) is 0.344. The molecule has 0 aliphatic rings. The molecule has 3 aromatic rings. The lowest BCUT2D eigenvalue weighted by Crippen LogP contribution is -2.25. The number of nitrogens with one attached hydrogen (secondary N) is 3. The van der Waals surface area contributed by atoms with Crippen molar-refractivity contribution in [3.63, 3.8) is 0 Å². The third kappa shape index (κ3) is 7.08. The van der Waals surface area contributed by atoms with Crippen molar-refractivity contribution >= 4 is 40.7 Å². The van der Waals surface area contributed by atoms with Crippen LogP contribution in [-0.4, -0.2) is 31.4 Å². The van der Waals surface area contributed by atoms with Gasteiger partial charge in [-0.2, -0.15) is 0 Å². The van der Waals surface area contributed by atoms with Gasteiger partial charge in [-0.15, -0.1) is 0 Å². The minimum Gasteiger partial charge on any atom is -0.497 e. The maximum absolute atomic E-state index is 12.7. The van der Waals surface area contributed by atoms with Gasteiger partial charge in [0.05, 0.1) is 18.4 Å². The number of rotatable bonds is 9. The Morgan fingerprint density at radius 1 is 0.848 bits per heavy atom. The van der Waals surface area contributed by atoms with Crippen molar-refractivity contribution in [1.29, 1.82) is 0 Å². The lowest BCUT2D eigenvalue weighted by molar-refractivity contribution is -0.116. The number of hydrogen-bond acceptors (Lipinski definition) is 4. The molecule has 3 rings (SSSR count). The van der Waals surface area contributed by atoms with E-state index in [1.807, 2.05) is 0 Å². The van der Waals surface area contributed by atoms with E-state index in [2.05, 4.69) is 16.0 Å². The molecular formula is C25H24ClN3O4. The maximum Gasteiger partial charge on any atom is 0.257 e. The molecule has 0 spiro atoms. The number of carbonyl (C=O) groups excluding carboxylic acids is 3. The van der Waals surface area contributed by atoms with Crippen molar-refractivity contribution in [2.45, 2.75) is 12.8 Å². The largest absolute Gasteiger partial charge is 0.497 e. The van der Waals surface area contributed by atoms with Crippen molar-refractivity contribution in [3.8, 4) is 5.75 Å².